The van der Waals surface area contributed by atoms with Crippen LogP contribution in [0.3, 0.4) is 0 Å². The molecule has 0 spiro atoms. The first-order chi connectivity index (χ1) is 15.3. The van der Waals surface area contributed by atoms with E-state index in [4.69, 9.17) is 14.8 Å². The van der Waals surface area contributed by atoms with E-state index in [2.05, 4.69) is 40.7 Å². The molecule has 0 aliphatic heterocycles. The zero-order chi connectivity index (χ0) is 21.0. The Balaban J connectivity index is 1.59. The van der Waals surface area contributed by atoms with Gasteiger partial charge in [0.1, 0.15) is 5.75 Å². The predicted molar refractivity (Wildman–Crippen MR) is 128 cm³/mol. The summed E-state index contributed by atoms with van der Waals surface area (Å²) in [5, 5.41) is 9.32. The molecule has 1 aliphatic rings. The fourth-order valence-corrected chi connectivity index (χ4v) is 5.03. The van der Waals surface area contributed by atoms with Crippen LogP contribution in [0.2, 0.25) is 0 Å². The lowest BCUT2D eigenvalue weighted by atomic mass is 9.96. The third-order valence-corrected chi connectivity index (χ3v) is 6.66. The smallest absolute Gasteiger partial charge is 0.206 e. The molecule has 0 bridgehead atoms. The number of H-pyrrole nitrogens is 1. The van der Waals surface area contributed by atoms with Gasteiger partial charge in [0.15, 0.2) is 0 Å². The van der Waals surface area contributed by atoms with Crippen molar-refractivity contribution in [3.8, 4) is 17.0 Å². The molecule has 5 rings (SSSR count). The summed E-state index contributed by atoms with van der Waals surface area (Å²) >= 11 is 1.67. The maximum atomic E-state index is 5.36. The molecule has 158 valence electrons. The molecule has 0 radical (unpaired) electrons. The molecule has 2 aromatic heterocycles. The Morgan fingerprint density at radius 3 is 2.71 bits per heavy atom. The minimum atomic E-state index is 0.399. The number of fused-ring (bicyclic) bond motifs is 1. The SMILES string of the molecule is COc1ccc2cc(-c3csc(=NC4CCCCC4)n3N=Cc3ccc[nH]3)ccc2c1. The van der Waals surface area contributed by atoms with Gasteiger partial charge in [0.05, 0.1) is 30.8 Å². The van der Waals surface area contributed by atoms with E-state index in [-0.39, 0.29) is 0 Å². The molecule has 5 nitrogen and oxygen atoms in total. The summed E-state index contributed by atoms with van der Waals surface area (Å²) in [4.78, 5) is 9.24. The van der Waals surface area contributed by atoms with Crippen molar-refractivity contribution in [1.82, 2.24) is 9.66 Å². The number of aromatic amines is 1. The van der Waals surface area contributed by atoms with Crippen molar-refractivity contribution in [1.29, 1.82) is 0 Å². The van der Waals surface area contributed by atoms with E-state index >= 15 is 0 Å². The van der Waals surface area contributed by atoms with Crippen LogP contribution >= 0.6 is 11.3 Å². The third kappa shape index (κ3) is 4.35. The molecule has 1 saturated carbocycles. The second kappa shape index (κ2) is 8.94. The Labute approximate surface area is 185 Å². The highest BCUT2D eigenvalue weighted by molar-refractivity contribution is 7.07. The molecule has 6 heteroatoms. The quantitative estimate of drug-likeness (QED) is 0.398. The number of nitrogens with one attached hydrogen (secondary N) is 1. The highest BCUT2D eigenvalue weighted by Crippen LogP contribution is 2.28. The Morgan fingerprint density at radius 1 is 1.06 bits per heavy atom. The summed E-state index contributed by atoms with van der Waals surface area (Å²) in [5.41, 5.74) is 3.15. The van der Waals surface area contributed by atoms with Gasteiger partial charge in [-0.15, -0.1) is 11.3 Å². The first-order valence-electron chi connectivity index (χ1n) is 10.8. The van der Waals surface area contributed by atoms with Crippen molar-refractivity contribution in [2.24, 2.45) is 10.1 Å². The van der Waals surface area contributed by atoms with Crippen molar-refractivity contribution in [2.75, 3.05) is 7.11 Å². The molecular weight excluding hydrogens is 404 g/mol. The number of ether oxygens (including phenoxy) is 1. The van der Waals surface area contributed by atoms with Gasteiger partial charge in [0.2, 0.25) is 4.80 Å². The third-order valence-electron chi connectivity index (χ3n) is 5.83. The maximum absolute atomic E-state index is 5.36. The van der Waals surface area contributed by atoms with E-state index in [1.165, 1.54) is 37.5 Å². The number of hydrogen-bond donors (Lipinski definition) is 1. The number of hydrogen-bond acceptors (Lipinski definition) is 4. The molecule has 2 aromatic carbocycles. The first-order valence-corrected chi connectivity index (χ1v) is 11.7. The van der Waals surface area contributed by atoms with Crippen LogP contribution in [-0.4, -0.2) is 29.0 Å². The van der Waals surface area contributed by atoms with Crippen molar-refractivity contribution < 1.29 is 4.74 Å². The molecule has 0 unspecified atom stereocenters. The van der Waals surface area contributed by atoms with Crippen LogP contribution in [0.4, 0.5) is 0 Å². The van der Waals surface area contributed by atoms with Crippen LogP contribution in [0, 0.1) is 0 Å². The van der Waals surface area contributed by atoms with Gasteiger partial charge in [0.25, 0.3) is 0 Å². The van der Waals surface area contributed by atoms with Gasteiger partial charge < -0.3 is 9.72 Å². The summed E-state index contributed by atoms with van der Waals surface area (Å²) in [6.45, 7) is 0. The Kier molecular flexibility index (Phi) is 5.71. The zero-order valence-corrected chi connectivity index (χ0v) is 18.4. The van der Waals surface area contributed by atoms with E-state index in [0.717, 1.165) is 32.9 Å². The number of nitrogens with zero attached hydrogens (tertiary/aromatic N) is 3. The molecule has 2 heterocycles. The van der Waals surface area contributed by atoms with Gasteiger partial charge in [-0.2, -0.15) is 5.10 Å². The molecule has 0 atom stereocenters. The monoisotopic (exact) mass is 430 g/mol. The summed E-state index contributed by atoms with van der Waals surface area (Å²) in [6.07, 6.45) is 9.98. The zero-order valence-electron chi connectivity index (χ0n) is 17.6. The molecule has 0 saturated heterocycles. The van der Waals surface area contributed by atoms with Gasteiger partial charge in [-0.25, -0.2) is 4.68 Å². The van der Waals surface area contributed by atoms with Crippen LogP contribution in [0.25, 0.3) is 22.0 Å². The molecule has 4 aromatic rings. The Bertz CT molecular complexity index is 1260. The van der Waals surface area contributed by atoms with Gasteiger partial charge in [-0.05, 0) is 53.9 Å². The van der Waals surface area contributed by atoms with E-state index in [9.17, 15) is 0 Å². The van der Waals surface area contributed by atoms with Crippen molar-refractivity contribution >= 4 is 28.3 Å². The van der Waals surface area contributed by atoms with Crippen molar-refractivity contribution in [3.05, 3.63) is 70.6 Å². The maximum Gasteiger partial charge on any atom is 0.206 e. The lowest BCUT2D eigenvalue weighted by Crippen LogP contribution is -2.19. The number of benzene rings is 2. The Morgan fingerprint density at radius 2 is 1.90 bits per heavy atom. The molecule has 1 fully saturated rings. The van der Waals surface area contributed by atoms with Crippen LogP contribution in [0.5, 0.6) is 5.75 Å². The molecule has 0 amide bonds. The first kappa shape index (κ1) is 19.8. The van der Waals surface area contributed by atoms with Gasteiger partial charge >= 0.3 is 0 Å². The fraction of sp³-hybridized carbons (Fsp3) is 0.280. The lowest BCUT2D eigenvalue weighted by Gasteiger charge is -2.16. The van der Waals surface area contributed by atoms with E-state index in [0.29, 0.717) is 6.04 Å². The summed E-state index contributed by atoms with van der Waals surface area (Å²) in [7, 11) is 1.70. The van der Waals surface area contributed by atoms with E-state index < -0.39 is 0 Å². The summed E-state index contributed by atoms with van der Waals surface area (Å²) in [5.74, 6) is 0.870. The largest absolute Gasteiger partial charge is 0.497 e. The van der Waals surface area contributed by atoms with Crippen molar-refractivity contribution in [2.45, 2.75) is 38.1 Å². The topological polar surface area (TPSA) is 54.7 Å². The highest BCUT2D eigenvalue weighted by atomic mass is 32.1. The second-order valence-corrected chi connectivity index (χ2v) is 8.77. The average Bonchev–Trinajstić information content (AvgIpc) is 3.47. The van der Waals surface area contributed by atoms with Crippen LogP contribution < -0.4 is 9.54 Å². The van der Waals surface area contributed by atoms with Gasteiger partial charge in [-0.3, -0.25) is 4.99 Å². The fourth-order valence-electron chi connectivity index (χ4n) is 4.12. The van der Waals surface area contributed by atoms with Crippen molar-refractivity contribution in [3.63, 3.8) is 0 Å². The van der Waals surface area contributed by atoms with Crippen LogP contribution in [-0.2, 0) is 0 Å². The van der Waals surface area contributed by atoms with Crippen LogP contribution in [0.15, 0.2) is 70.2 Å². The molecular formula is C25H26N4OS. The normalized spacial score (nSPS) is 15.8. The standard InChI is InChI=1S/C25H26N4OS/c1-30-23-12-11-18-14-20(10-9-19(18)15-23)24-17-31-25(28-21-6-3-2-4-7-21)29(24)27-16-22-8-5-13-26-22/h5,8-17,21,26H,2-4,6-7H2,1H3. The number of thiazole rings is 1. The van der Waals surface area contributed by atoms with Gasteiger partial charge in [0, 0.05) is 17.1 Å². The highest BCUT2D eigenvalue weighted by Gasteiger charge is 2.14. The number of methoxy groups -OCH3 is 1. The Hall–Kier alpha value is -3.12. The predicted octanol–water partition coefficient (Wildman–Crippen LogP) is 5.82. The minimum Gasteiger partial charge on any atom is -0.497 e. The van der Waals surface area contributed by atoms with E-state index in [1.807, 2.05) is 35.3 Å². The van der Waals surface area contributed by atoms with Gasteiger partial charge in [-0.1, -0.05) is 37.5 Å². The molecule has 1 aliphatic carbocycles. The number of rotatable bonds is 5. The molecule has 31 heavy (non-hydrogen) atoms. The lowest BCUT2D eigenvalue weighted by molar-refractivity contribution is 0.415. The van der Waals surface area contributed by atoms with Crippen LogP contribution in [0.1, 0.15) is 37.8 Å². The number of aromatic nitrogens is 2. The second-order valence-electron chi connectivity index (χ2n) is 7.93. The molecule has 1 N–H and O–H groups in total. The van der Waals surface area contributed by atoms with E-state index in [1.54, 1.807) is 18.4 Å². The summed E-state index contributed by atoms with van der Waals surface area (Å²) in [6, 6.07) is 17.1. The summed E-state index contributed by atoms with van der Waals surface area (Å²) < 4.78 is 7.35. The average molecular weight is 431 g/mol. The minimum absolute atomic E-state index is 0.399.